The number of anilines is 2. The standard InChI is InChI=1S/C17H19N5O2S/c23-9-8-22-12-19-15-11-13(1-2-14(15)16(22)24)20-4-6-21(7-5-20)17-18-3-10-25-17/h1-3,10-12,23H,4-9H2. The molecule has 1 saturated heterocycles. The number of hydrogen-bond donors (Lipinski definition) is 1. The van der Waals surface area contributed by atoms with Crippen LogP contribution in [0.2, 0.25) is 0 Å². The predicted molar refractivity (Wildman–Crippen MR) is 99.6 cm³/mol. The number of thiazole rings is 1. The maximum Gasteiger partial charge on any atom is 0.261 e. The van der Waals surface area contributed by atoms with Crippen molar-refractivity contribution in [2.75, 3.05) is 42.6 Å². The van der Waals surface area contributed by atoms with Crippen LogP contribution in [0.4, 0.5) is 10.8 Å². The summed E-state index contributed by atoms with van der Waals surface area (Å²) < 4.78 is 1.44. The van der Waals surface area contributed by atoms with Crippen LogP contribution in [0.25, 0.3) is 10.9 Å². The highest BCUT2D eigenvalue weighted by molar-refractivity contribution is 7.13. The first kappa shape index (κ1) is 16.0. The zero-order valence-corrected chi connectivity index (χ0v) is 14.5. The monoisotopic (exact) mass is 357 g/mol. The summed E-state index contributed by atoms with van der Waals surface area (Å²) in [7, 11) is 0. The number of nitrogens with zero attached hydrogens (tertiary/aromatic N) is 5. The van der Waals surface area contributed by atoms with Crippen molar-refractivity contribution in [1.82, 2.24) is 14.5 Å². The zero-order valence-electron chi connectivity index (χ0n) is 13.7. The molecule has 0 amide bonds. The number of aliphatic hydroxyl groups is 1. The average Bonchev–Trinajstić information content (AvgIpc) is 3.19. The van der Waals surface area contributed by atoms with Crippen molar-refractivity contribution in [1.29, 1.82) is 0 Å². The second kappa shape index (κ2) is 6.81. The van der Waals surface area contributed by atoms with E-state index in [1.807, 2.05) is 29.8 Å². The van der Waals surface area contributed by atoms with Crippen molar-refractivity contribution in [2.45, 2.75) is 6.54 Å². The molecule has 1 aliphatic rings. The summed E-state index contributed by atoms with van der Waals surface area (Å²) in [6.07, 6.45) is 3.34. The van der Waals surface area contributed by atoms with Crippen LogP contribution >= 0.6 is 11.3 Å². The van der Waals surface area contributed by atoms with Gasteiger partial charge in [-0.05, 0) is 18.2 Å². The minimum Gasteiger partial charge on any atom is -0.395 e. The largest absolute Gasteiger partial charge is 0.395 e. The SMILES string of the molecule is O=c1c2ccc(N3CCN(c4nccs4)CC3)cc2ncn1CCO. The first-order valence-corrected chi connectivity index (χ1v) is 9.13. The summed E-state index contributed by atoms with van der Waals surface area (Å²) in [5.41, 5.74) is 1.66. The van der Waals surface area contributed by atoms with Crippen molar-refractivity contribution in [3.05, 3.63) is 46.5 Å². The quantitative estimate of drug-likeness (QED) is 0.756. The zero-order chi connectivity index (χ0) is 17.2. The molecular formula is C17H19N5O2S. The fourth-order valence-corrected chi connectivity index (χ4v) is 3.84. The molecule has 0 aliphatic carbocycles. The predicted octanol–water partition coefficient (Wildman–Crippen LogP) is 1.17. The number of hydrogen-bond acceptors (Lipinski definition) is 7. The topological polar surface area (TPSA) is 74.5 Å². The van der Waals surface area contributed by atoms with E-state index >= 15 is 0 Å². The van der Waals surface area contributed by atoms with Crippen molar-refractivity contribution in [3.8, 4) is 0 Å². The highest BCUT2D eigenvalue weighted by atomic mass is 32.1. The highest BCUT2D eigenvalue weighted by Gasteiger charge is 2.19. The van der Waals surface area contributed by atoms with Crippen LogP contribution in [0.5, 0.6) is 0 Å². The molecule has 0 spiro atoms. The molecule has 0 saturated carbocycles. The van der Waals surface area contributed by atoms with Crippen LogP contribution in [0, 0.1) is 0 Å². The molecule has 8 heteroatoms. The Morgan fingerprint density at radius 2 is 1.92 bits per heavy atom. The van der Waals surface area contributed by atoms with Crippen molar-refractivity contribution < 1.29 is 5.11 Å². The van der Waals surface area contributed by atoms with E-state index in [9.17, 15) is 4.79 Å². The van der Waals surface area contributed by atoms with Gasteiger partial charge >= 0.3 is 0 Å². The van der Waals surface area contributed by atoms with Gasteiger partial charge in [-0.1, -0.05) is 0 Å². The van der Waals surface area contributed by atoms with Gasteiger partial charge in [-0.25, -0.2) is 9.97 Å². The summed E-state index contributed by atoms with van der Waals surface area (Å²) >= 11 is 1.67. The Kier molecular flexibility index (Phi) is 4.37. The molecule has 2 aromatic heterocycles. The first-order chi connectivity index (χ1) is 12.3. The number of rotatable bonds is 4. The van der Waals surface area contributed by atoms with Gasteiger partial charge in [-0.3, -0.25) is 9.36 Å². The van der Waals surface area contributed by atoms with Gasteiger partial charge in [0.1, 0.15) is 0 Å². The molecule has 0 radical (unpaired) electrons. The average molecular weight is 357 g/mol. The minimum atomic E-state index is -0.112. The fraction of sp³-hybridized carbons (Fsp3) is 0.353. The lowest BCUT2D eigenvalue weighted by Crippen LogP contribution is -2.46. The van der Waals surface area contributed by atoms with Crippen LogP contribution in [-0.2, 0) is 6.54 Å². The van der Waals surface area contributed by atoms with E-state index in [2.05, 4.69) is 19.8 Å². The highest BCUT2D eigenvalue weighted by Crippen LogP contribution is 2.23. The van der Waals surface area contributed by atoms with Crippen molar-refractivity contribution in [2.24, 2.45) is 0 Å². The second-order valence-electron chi connectivity index (χ2n) is 5.96. The lowest BCUT2D eigenvalue weighted by molar-refractivity contribution is 0.274. The van der Waals surface area contributed by atoms with E-state index in [1.54, 1.807) is 11.3 Å². The van der Waals surface area contributed by atoms with Gasteiger partial charge in [0, 0.05) is 43.4 Å². The van der Waals surface area contributed by atoms with E-state index < -0.39 is 0 Å². The molecule has 3 heterocycles. The maximum atomic E-state index is 12.4. The van der Waals surface area contributed by atoms with Crippen LogP contribution in [0.15, 0.2) is 40.9 Å². The molecule has 3 aromatic rings. The normalized spacial score (nSPS) is 15.1. The van der Waals surface area contributed by atoms with Crippen molar-refractivity contribution in [3.63, 3.8) is 0 Å². The Morgan fingerprint density at radius 3 is 2.64 bits per heavy atom. The summed E-state index contributed by atoms with van der Waals surface area (Å²) in [5, 5.41) is 12.7. The smallest absolute Gasteiger partial charge is 0.261 e. The molecule has 4 rings (SSSR count). The fourth-order valence-electron chi connectivity index (χ4n) is 3.14. The van der Waals surface area contributed by atoms with Gasteiger partial charge in [-0.15, -0.1) is 11.3 Å². The van der Waals surface area contributed by atoms with Gasteiger partial charge in [0.2, 0.25) is 0 Å². The molecule has 0 unspecified atom stereocenters. The molecular weight excluding hydrogens is 338 g/mol. The summed E-state index contributed by atoms with van der Waals surface area (Å²) in [5.74, 6) is 0. The summed E-state index contributed by atoms with van der Waals surface area (Å²) in [6, 6.07) is 5.79. The van der Waals surface area contributed by atoms with Crippen LogP contribution in [-0.4, -0.2) is 52.4 Å². The lowest BCUT2D eigenvalue weighted by atomic mass is 10.2. The molecule has 0 bridgehead atoms. The molecule has 1 N–H and O–H groups in total. The van der Waals surface area contributed by atoms with Crippen LogP contribution in [0.3, 0.4) is 0 Å². The molecule has 25 heavy (non-hydrogen) atoms. The number of fused-ring (bicyclic) bond motifs is 1. The molecule has 1 aliphatic heterocycles. The van der Waals surface area contributed by atoms with Gasteiger partial charge in [0.15, 0.2) is 5.13 Å². The van der Waals surface area contributed by atoms with E-state index in [-0.39, 0.29) is 18.7 Å². The number of benzene rings is 1. The van der Waals surface area contributed by atoms with Gasteiger partial charge in [-0.2, -0.15) is 0 Å². The third-order valence-corrected chi connectivity index (χ3v) is 5.32. The van der Waals surface area contributed by atoms with Crippen LogP contribution < -0.4 is 15.4 Å². The van der Waals surface area contributed by atoms with Gasteiger partial charge in [0.25, 0.3) is 5.56 Å². The minimum absolute atomic E-state index is 0.0748. The summed E-state index contributed by atoms with van der Waals surface area (Å²) in [4.78, 5) is 25.7. The maximum absolute atomic E-state index is 12.4. The van der Waals surface area contributed by atoms with E-state index in [0.29, 0.717) is 10.9 Å². The van der Waals surface area contributed by atoms with E-state index in [4.69, 9.17) is 5.11 Å². The molecule has 130 valence electrons. The van der Waals surface area contributed by atoms with E-state index in [1.165, 1.54) is 10.9 Å². The first-order valence-electron chi connectivity index (χ1n) is 8.26. The molecule has 1 aromatic carbocycles. The third kappa shape index (κ3) is 3.10. The summed E-state index contributed by atoms with van der Waals surface area (Å²) in [6.45, 7) is 3.87. The van der Waals surface area contributed by atoms with Crippen molar-refractivity contribution >= 4 is 33.1 Å². The van der Waals surface area contributed by atoms with E-state index in [0.717, 1.165) is 37.0 Å². The lowest BCUT2D eigenvalue weighted by Gasteiger charge is -2.36. The molecule has 1 fully saturated rings. The Hall–Kier alpha value is -2.45. The van der Waals surface area contributed by atoms with Crippen LogP contribution in [0.1, 0.15) is 0 Å². The number of aromatic nitrogens is 3. The molecule has 0 atom stereocenters. The Morgan fingerprint density at radius 1 is 1.12 bits per heavy atom. The Balaban J connectivity index is 1.54. The number of piperazine rings is 1. The second-order valence-corrected chi connectivity index (χ2v) is 6.83. The van der Waals surface area contributed by atoms with Gasteiger partial charge < -0.3 is 14.9 Å². The third-order valence-electron chi connectivity index (χ3n) is 4.48. The Labute approximate surface area is 148 Å². The molecule has 7 nitrogen and oxygen atoms in total. The Bertz CT molecular complexity index is 916. The number of aliphatic hydroxyl groups excluding tert-OH is 1. The van der Waals surface area contributed by atoms with Gasteiger partial charge in [0.05, 0.1) is 30.4 Å².